The maximum Gasteiger partial charge on any atom is 0.119 e. The van der Waals surface area contributed by atoms with Crippen molar-refractivity contribution in [3.63, 3.8) is 0 Å². The number of rotatable bonds is 4. The van der Waals surface area contributed by atoms with E-state index in [9.17, 15) is 0 Å². The molecule has 1 heterocycles. The number of benzene rings is 1. The van der Waals surface area contributed by atoms with E-state index >= 15 is 0 Å². The number of hydrogen-bond acceptors (Lipinski definition) is 3. The molecule has 0 spiro atoms. The van der Waals surface area contributed by atoms with Gasteiger partial charge in [0.2, 0.25) is 0 Å². The summed E-state index contributed by atoms with van der Waals surface area (Å²) in [7, 11) is 0. The predicted molar refractivity (Wildman–Crippen MR) is 73.3 cm³/mol. The van der Waals surface area contributed by atoms with Gasteiger partial charge in [0.1, 0.15) is 5.75 Å². The summed E-state index contributed by atoms with van der Waals surface area (Å²) in [5.74, 6) is 0.878. The van der Waals surface area contributed by atoms with E-state index < -0.39 is 0 Å². The van der Waals surface area contributed by atoms with Gasteiger partial charge in [-0.25, -0.2) is 0 Å². The molecule has 0 unspecified atom stereocenters. The van der Waals surface area contributed by atoms with Gasteiger partial charge in [0, 0.05) is 12.1 Å². The summed E-state index contributed by atoms with van der Waals surface area (Å²) in [4.78, 5) is 4.49. The third-order valence-electron chi connectivity index (χ3n) is 2.54. The van der Waals surface area contributed by atoms with Crippen molar-refractivity contribution >= 4 is 0 Å². The molecule has 0 amide bonds. The first-order valence-corrected chi connectivity index (χ1v) is 6.12. The highest BCUT2D eigenvalue weighted by Gasteiger charge is 2.02. The van der Waals surface area contributed by atoms with Crippen LogP contribution in [-0.4, -0.2) is 11.1 Å². The van der Waals surface area contributed by atoms with Crippen LogP contribution in [0.15, 0.2) is 42.5 Å². The van der Waals surface area contributed by atoms with E-state index in [1.54, 1.807) is 0 Å². The van der Waals surface area contributed by atoms with Gasteiger partial charge in [0.25, 0.3) is 0 Å². The smallest absolute Gasteiger partial charge is 0.119 e. The summed E-state index contributed by atoms with van der Waals surface area (Å²) >= 11 is 0. The average molecular weight is 242 g/mol. The molecule has 0 atom stereocenters. The first kappa shape index (κ1) is 12.6. The molecule has 0 aliphatic rings. The lowest BCUT2D eigenvalue weighted by Crippen LogP contribution is -2.05. The highest BCUT2D eigenvalue weighted by atomic mass is 16.5. The zero-order valence-electron chi connectivity index (χ0n) is 10.8. The Morgan fingerprint density at radius 1 is 1.11 bits per heavy atom. The summed E-state index contributed by atoms with van der Waals surface area (Å²) in [6, 6.07) is 13.8. The van der Waals surface area contributed by atoms with Crippen LogP contribution >= 0.6 is 0 Å². The Morgan fingerprint density at radius 3 is 2.44 bits per heavy atom. The molecule has 18 heavy (non-hydrogen) atoms. The van der Waals surface area contributed by atoms with E-state index in [1.807, 2.05) is 56.3 Å². The minimum atomic E-state index is 0.189. The SMILES string of the molecule is CC(C)Oc1ccc(-c2cccc(CN)n2)cc1. The standard InChI is InChI=1S/C15H18N2O/c1-11(2)18-14-8-6-12(7-9-14)15-5-3-4-13(10-16)17-15/h3-9,11H,10,16H2,1-2H3. The summed E-state index contributed by atoms with van der Waals surface area (Å²) in [6.45, 7) is 4.49. The lowest BCUT2D eigenvalue weighted by Gasteiger charge is -2.10. The maximum absolute atomic E-state index is 5.61. The van der Waals surface area contributed by atoms with Crippen molar-refractivity contribution in [2.24, 2.45) is 5.73 Å². The number of hydrogen-bond donors (Lipinski definition) is 1. The van der Waals surface area contributed by atoms with Gasteiger partial charge in [0.15, 0.2) is 0 Å². The quantitative estimate of drug-likeness (QED) is 0.896. The van der Waals surface area contributed by atoms with Crippen molar-refractivity contribution in [1.29, 1.82) is 0 Å². The molecular weight excluding hydrogens is 224 g/mol. The van der Waals surface area contributed by atoms with Gasteiger partial charge in [-0.2, -0.15) is 0 Å². The molecule has 2 aromatic rings. The first-order valence-electron chi connectivity index (χ1n) is 6.12. The molecule has 2 rings (SSSR count). The molecule has 0 radical (unpaired) electrons. The minimum absolute atomic E-state index is 0.189. The van der Waals surface area contributed by atoms with Gasteiger partial charge in [-0.05, 0) is 50.2 Å². The number of aromatic nitrogens is 1. The molecular formula is C15H18N2O. The Balaban J connectivity index is 2.22. The molecule has 0 fully saturated rings. The molecule has 0 aliphatic heterocycles. The van der Waals surface area contributed by atoms with E-state index in [4.69, 9.17) is 10.5 Å². The Bertz CT molecular complexity index is 506. The van der Waals surface area contributed by atoms with Crippen molar-refractivity contribution in [1.82, 2.24) is 4.98 Å². The second-order valence-corrected chi connectivity index (χ2v) is 4.41. The van der Waals surface area contributed by atoms with Crippen LogP contribution < -0.4 is 10.5 Å². The fraction of sp³-hybridized carbons (Fsp3) is 0.267. The summed E-state index contributed by atoms with van der Waals surface area (Å²) in [5.41, 5.74) is 8.50. The predicted octanol–water partition coefficient (Wildman–Crippen LogP) is 2.99. The topological polar surface area (TPSA) is 48.1 Å². The minimum Gasteiger partial charge on any atom is -0.491 e. The molecule has 0 bridgehead atoms. The maximum atomic E-state index is 5.61. The fourth-order valence-corrected chi connectivity index (χ4v) is 1.73. The zero-order valence-corrected chi connectivity index (χ0v) is 10.8. The van der Waals surface area contributed by atoms with E-state index in [0.717, 1.165) is 22.7 Å². The molecule has 1 aromatic carbocycles. The highest BCUT2D eigenvalue weighted by molar-refractivity contribution is 5.60. The second kappa shape index (κ2) is 5.65. The molecule has 3 nitrogen and oxygen atoms in total. The summed E-state index contributed by atoms with van der Waals surface area (Å²) < 4.78 is 5.61. The zero-order chi connectivity index (χ0) is 13.0. The van der Waals surface area contributed by atoms with Crippen molar-refractivity contribution in [2.75, 3.05) is 0 Å². The van der Waals surface area contributed by atoms with E-state index in [-0.39, 0.29) is 6.10 Å². The lowest BCUT2D eigenvalue weighted by molar-refractivity contribution is 0.242. The Kier molecular flexibility index (Phi) is 3.95. The van der Waals surface area contributed by atoms with Crippen LogP contribution in [0.2, 0.25) is 0 Å². The first-order chi connectivity index (χ1) is 8.69. The largest absolute Gasteiger partial charge is 0.491 e. The number of pyridine rings is 1. The molecule has 2 N–H and O–H groups in total. The van der Waals surface area contributed by atoms with E-state index in [2.05, 4.69) is 4.98 Å². The number of ether oxygens (including phenoxy) is 1. The van der Waals surface area contributed by atoms with Gasteiger partial charge in [0.05, 0.1) is 17.5 Å². The van der Waals surface area contributed by atoms with Gasteiger partial charge in [-0.1, -0.05) is 6.07 Å². The summed E-state index contributed by atoms with van der Waals surface area (Å²) in [5, 5.41) is 0. The fourth-order valence-electron chi connectivity index (χ4n) is 1.73. The van der Waals surface area contributed by atoms with Crippen LogP contribution in [0.4, 0.5) is 0 Å². The van der Waals surface area contributed by atoms with Crippen molar-refractivity contribution in [3.8, 4) is 17.0 Å². The van der Waals surface area contributed by atoms with Gasteiger partial charge < -0.3 is 10.5 Å². The van der Waals surface area contributed by atoms with Crippen molar-refractivity contribution < 1.29 is 4.74 Å². The van der Waals surface area contributed by atoms with Crippen LogP contribution in [0.25, 0.3) is 11.3 Å². The average Bonchev–Trinajstić information content (AvgIpc) is 2.39. The number of nitrogens with two attached hydrogens (primary N) is 1. The molecule has 94 valence electrons. The van der Waals surface area contributed by atoms with Gasteiger partial charge in [-0.3, -0.25) is 4.98 Å². The lowest BCUT2D eigenvalue weighted by atomic mass is 10.1. The molecule has 3 heteroatoms. The van der Waals surface area contributed by atoms with Crippen LogP contribution in [0.1, 0.15) is 19.5 Å². The summed E-state index contributed by atoms with van der Waals surface area (Å²) in [6.07, 6.45) is 0.189. The third-order valence-corrected chi connectivity index (χ3v) is 2.54. The Hall–Kier alpha value is -1.87. The molecule has 0 saturated heterocycles. The third kappa shape index (κ3) is 3.08. The molecule has 1 aromatic heterocycles. The highest BCUT2D eigenvalue weighted by Crippen LogP contribution is 2.21. The second-order valence-electron chi connectivity index (χ2n) is 4.41. The van der Waals surface area contributed by atoms with E-state index in [0.29, 0.717) is 6.54 Å². The van der Waals surface area contributed by atoms with Crippen molar-refractivity contribution in [2.45, 2.75) is 26.5 Å². The van der Waals surface area contributed by atoms with Crippen LogP contribution in [0.5, 0.6) is 5.75 Å². The Labute approximate surface area is 108 Å². The molecule has 0 saturated carbocycles. The van der Waals surface area contributed by atoms with Crippen LogP contribution in [-0.2, 0) is 6.54 Å². The van der Waals surface area contributed by atoms with Crippen LogP contribution in [0, 0.1) is 0 Å². The Morgan fingerprint density at radius 2 is 1.83 bits per heavy atom. The number of nitrogens with zero attached hydrogens (tertiary/aromatic N) is 1. The van der Waals surface area contributed by atoms with Gasteiger partial charge in [-0.15, -0.1) is 0 Å². The van der Waals surface area contributed by atoms with E-state index in [1.165, 1.54) is 0 Å². The monoisotopic (exact) mass is 242 g/mol. The van der Waals surface area contributed by atoms with Crippen LogP contribution in [0.3, 0.4) is 0 Å². The van der Waals surface area contributed by atoms with Crippen molar-refractivity contribution in [3.05, 3.63) is 48.2 Å². The van der Waals surface area contributed by atoms with Gasteiger partial charge >= 0.3 is 0 Å². The molecule has 0 aliphatic carbocycles. The normalized spacial score (nSPS) is 10.7.